The summed E-state index contributed by atoms with van der Waals surface area (Å²) in [6.45, 7) is -0.437. The number of hydrogen-bond acceptors (Lipinski definition) is 3. The molecular formula is C19H13Cl2NO3. The van der Waals surface area contributed by atoms with Crippen molar-refractivity contribution in [1.29, 1.82) is 0 Å². The maximum Gasteiger partial charge on any atom is 0.341 e. The fraction of sp³-hybridized carbons (Fsp3) is 0.0526. The van der Waals surface area contributed by atoms with Crippen LogP contribution in [0.25, 0.3) is 10.8 Å². The number of ether oxygens (including phenoxy) is 1. The molecule has 0 radical (unpaired) electrons. The molecular weight excluding hydrogens is 361 g/mol. The molecule has 0 aliphatic rings. The molecule has 0 unspecified atom stereocenters. The Morgan fingerprint density at radius 1 is 0.880 bits per heavy atom. The Labute approximate surface area is 154 Å². The number of esters is 1. The molecule has 0 fully saturated rings. The number of fused-ring (bicyclic) bond motifs is 1. The maximum atomic E-state index is 12.0. The Bertz CT molecular complexity index is 936. The van der Waals surface area contributed by atoms with E-state index in [4.69, 9.17) is 27.9 Å². The van der Waals surface area contributed by atoms with E-state index in [1.54, 1.807) is 12.1 Å². The summed E-state index contributed by atoms with van der Waals surface area (Å²) in [5, 5.41) is 5.10. The first-order valence-corrected chi connectivity index (χ1v) is 8.20. The molecule has 3 aromatic carbocycles. The zero-order valence-corrected chi connectivity index (χ0v) is 14.5. The molecule has 0 aliphatic carbocycles. The van der Waals surface area contributed by atoms with Crippen LogP contribution in [0.5, 0.6) is 0 Å². The molecule has 0 spiro atoms. The second-order valence-electron chi connectivity index (χ2n) is 5.28. The van der Waals surface area contributed by atoms with Gasteiger partial charge in [0.05, 0.1) is 15.6 Å². The summed E-state index contributed by atoms with van der Waals surface area (Å²) in [5.41, 5.74) is 0.667. The van der Waals surface area contributed by atoms with Crippen LogP contribution in [0.1, 0.15) is 10.4 Å². The topological polar surface area (TPSA) is 55.4 Å². The molecule has 4 nitrogen and oxygen atoms in total. The molecule has 3 aromatic rings. The molecule has 0 heterocycles. The number of rotatable bonds is 4. The number of carbonyl (C=O) groups excluding carboxylic acids is 2. The third-order valence-electron chi connectivity index (χ3n) is 3.53. The van der Waals surface area contributed by atoms with Gasteiger partial charge in [0.2, 0.25) is 0 Å². The molecule has 0 aliphatic heterocycles. The standard InChI is InChI=1S/C19H13Cl2NO3/c20-15-6-3-7-16(21)18(15)19(24)25-11-17(23)22-14-9-8-12-4-1-2-5-13(12)10-14/h1-10H,11H2,(H,22,23). The highest BCUT2D eigenvalue weighted by Crippen LogP contribution is 2.25. The normalized spacial score (nSPS) is 10.5. The summed E-state index contributed by atoms with van der Waals surface area (Å²) >= 11 is 11.9. The van der Waals surface area contributed by atoms with Crippen molar-refractivity contribution in [3.63, 3.8) is 0 Å². The lowest BCUT2D eigenvalue weighted by Crippen LogP contribution is -2.21. The average molecular weight is 374 g/mol. The first-order valence-electron chi connectivity index (χ1n) is 7.44. The van der Waals surface area contributed by atoms with Gasteiger partial charge in [0.1, 0.15) is 0 Å². The smallest absolute Gasteiger partial charge is 0.341 e. The largest absolute Gasteiger partial charge is 0.452 e. The van der Waals surface area contributed by atoms with Crippen LogP contribution < -0.4 is 5.32 Å². The zero-order chi connectivity index (χ0) is 17.8. The lowest BCUT2D eigenvalue weighted by atomic mass is 10.1. The molecule has 0 saturated heterocycles. The van der Waals surface area contributed by atoms with Crippen molar-refractivity contribution < 1.29 is 14.3 Å². The lowest BCUT2D eigenvalue weighted by Gasteiger charge is -2.09. The van der Waals surface area contributed by atoms with Crippen molar-refractivity contribution in [2.75, 3.05) is 11.9 Å². The van der Waals surface area contributed by atoms with Crippen LogP contribution in [0.3, 0.4) is 0 Å². The first kappa shape index (κ1) is 17.3. The van der Waals surface area contributed by atoms with E-state index in [0.29, 0.717) is 5.69 Å². The van der Waals surface area contributed by atoms with Gasteiger partial charge in [-0.05, 0) is 35.0 Å². The van der Waals surface area contributed by atoms with Gasteiger partial charge in [-0.25, -0.2) is 4.79 Å². The van der Waals surface area contributed by atoms with Crippen LogP contribution >= 0.6 is 23.2 Å². The van der Waals surface area contributed by atoms with Gasteiger partial charge in [0.25, 0.3) is 5.91 Å². The predicted molar refractivity (Wildman–Crippen MR) is 99.3 cm³/mol. The van der Waals surface area contributed by atoms with Crippen LogP contribution in [0.15, 0.2) is 60.7 Å². The molecule has 25 heavy (non-hydrogen) atoms. The Hall–Kier alpha value is -2.56. The van der Waals surface area contributed by atoms with E-state index >= 15 is 0 Å². The minimum atomic E-state index is -0.746. The molecule has 0 saturated carbocycles. The molecule has 1 N–H and O–H groups in total. The molecule has 0 aromatic heterocycles. The molecule has 126 valence electrons. The second kappa shape index (κ2) is 7.55. The summed E-state index contributed by atoms with van der Waals surface area (Å²) in [6.07, 6.45) is 0. The number of nitrogens with one attached hydrogen (secondary N) is 1. The number of amides is 1. The Kier molecular flexibility index (Phi) is 5.22. The van der Waals surface area contributed by atoms with Gasteiger partial charge in [0.15, 0.2) is 6.61 Å². The number of halogens is 2. The zero-order valence-electron chi connectivity index (χ0n) is 13.0. The number of carbonyl (C=O) groups is 2. The highest BCUT2D eigenvalue weighted by atomic mass is 35.5. The molecule has 3 rings (SSSR count). The summed E-state index contributed by atoms with van der Waals surface area (Å²) in [5.74, 6) is -1.20. The van der Waals surface area contributed by atoms with E-state index in [1.807, 2.05) is 36.4 Å². The summed E-state index contributed by atoms with van der Waals surface area (Å²) in [7, 11) is 0. The number of hydrogen-bond donors (Lipinski definition) is 1. The van der Waals surface area contributed by atoms with Gasteiger partial charge < -0.3 is 10.1 Å². The first-order chi connectivity index (χ1) is 12.0. The van der Waals surface area contributed by atoms with Crippen LogP contribution in [0.2, 0.25) is 10.0 Å². The van der Waals surface area contributed by atoms with Crippen LogP contribution in [-0.2, 0) is 9.53 Å². The van der Waals surface area contributed by atoms with E-state index in [0.717, 1.165) is 10.8 Å². The minimum absolute atomic E-state index is 0.0457. The third-order valence-corrected chi connectivity index (χ3v) is 4.16. The van der Waals surface area contributed by atoms with Crippen LogP contribution in [0.4, 0.5) is 5.69 Å². The SMILES string of the molecule is O=C(COC(=O)c1c(Cl)cccc1Cl)Nc1ccc2ccccc2c1. The van der Waals surface area contributed by atoms with E-state index in [2.05, 4.69) is 5.32 Å². The number of benzene rings is 3. The summed E-state index contributed by atoms with van der Waals surface area (Å²) in [4.78, 5) is 24.0. The van der Waals surface area contributed by atoms with Gasteiger partial charge >= 0.3 is 5.97 Å². The summed E-state index contributed by atoms with van der Waals surface area (Å²) < 4.78 is 4.99. The van der Waals surface area contributed by atoms with Crippen molar-refractivity contribution in [1.82, 2.24) is 0 Å². The molecule has 0 bridgehead atoms. The van der Waals surface area contributed by atoms with E-state index in [9.17, 15) is 9.59 Å². The number of anilines is 1. The summed E-state index contributed by atoms with van der Waals surface area (Å²) in [6, 6.07) is 18.0. The van der Waals surface area contributed by atoms with E-state index < -0.39 is 18.5 Å². The van der Waals surface area contributed by atoms with E-state index in [1.165, 1.54) is 12.1 Å². The van der Waals surface area contributed by atoms with Gasteiger partial charge in [-0.1, -0.05) is 59.6 Å². The Morgan fingerprint density at radius 3 is 2.28 bits per heavy atom. The monoisotopic (exact) mass is 373 g/mol. The fourth-order valence-electron chi connectivity index (χ4n) is 2.36. The quantitative estimate of drug-likeness (QED) is 0.658. The molecule has 1 amide bonds. The Balaban J connectivity index is 1.63. The van der Waals surface area contributed by atoms with Crippen molar-refractivity contribution >= 4 is 51.5 Å². The molecule has 6 heteroatoms. The van der Waals surface area contributed by atoms with Crippen LogP contribution in [0, 0.1) is 0 Å². The van der Waals surface area contributed by atoms with Gasteiger partial charge in [-0.15, -0.1) is 0 Å². The van der Waals surface area contributed by atoms with E-state index in [-0.39, 0.29) is 15.6 Å². The molecule has 0 atom stereocenters. The van der Waals surface area contributed by atoms with Gasteiger partial charge in [-0.3, -0.25) is 4.79 Å². The van der Waals surface area contributed by atoms with Gasteiger partial charge in [0, 0.05) is 5.69 Å². The van der Waals surface area contributed by atoms with Crippen molar-refractivity contribution in [2.45, 2.75) is 0 Å². The second-order valence-corrected chi connectivity index (χ2v) is 6.10. The average Bonchev–Trinajstić information content (AvgIpc) is 2.60. The maximum absolute atomic E-state index is 12.0. The van der Waals surface area contributed by atoms with Crippen LogP contribution in [-0.4, -0.2) is 18.5 Å². The third kappa shape index (κ3) is 4.10. The minimum Gasteiger partial charge on any atom is -0.452 e. The van der Waals surface area contributed by atoms with Crippen molar-refractivity contribution in [3.8, 4) is 0 Å². The highest BCUT2D eigenvalue weighted by molar-refractivity contribution is 6.39. The van der Waals surface area contributed by atoms with Crippen molar-refractivity contribution in [2.24, 2.45) is 0 Å². The fourth-order valence-corrected chi connectivity index (χ4v) is 2.91. The lowest BCUT2D eigenvalue weighted by molar-refractivity contribution is -0.119. The predicted octanol–water partition coefficient (Wildman–Crippen LogP) is 4.94. The Morgan fingerprint density at radius 2 is 1.56 bits per heavy atom. The highest BCUT2D eigenvalue weighted by Gasteiger charge is 2.17. The van der Waals surface area contributed by atoms with Crippen molar-refractivity contribution in [3.05, 3.63) is 76.3 Å². The van der Waals surface area contributed by atoms with Gasteiger partial charge in [-0.2, -0.15) is 0 Å².